The van der Waals surface area contributed by atoms with E-state index >= 15 is 0 Å². The zero-order valence-corrected chi connectivity index (χ0v) is 17.5. The van der Waals surface area contributed by atoms with Gasteiger partial charge in [0.1, 0.15) is 0 Å². The van der Waals surface area contributed by atoms with Gasteiger partial charge in [0.2, 0.25) is 10.0 Å². The first-order valence-corrected chi connectivity index (χ1v) is 12.0. The maximum atomic E-state index is 13.0. The first kappa shape index (κ1) is 20.5. The molecule has 0 spiro atoms. The van der Waals surface area contributed by atoms with E-state index in [-0.39, 0.29) is 15.7 Å². The lowest BCUT2D eigenvalue weighted by Gasteiger charge is -2.30. The predicted octanol–water partition coefficient (Wildman–Crippen LogP) is 1.93. The molecule has 1 heterocycles. The summed E-state index contributed by atoms with van der Waals surface area (Å²) in [6.45, 7) is 0.516. The molecule has 0 saturated carbocycles. The Bertz CT molecular complexity index is 1120. The van der Waals surface area contributed by atoms with E-state index in [4.69, 9.17) is 0 Å². The number of sulfone groups is 1. The van der Waals surface area contributed by atoms with Crippen LogP contribution in [0, 0.1) is 0 Å². The van der Waals surface area contributed by atoms with Crippen LogP contribution in [0.25, 0.3) is 0 Å². The van der Waals surface area contributed by atoms with E-state index in [0.717, 1.165) is 22.5 Å². The molecule has 150 valence electrons. The second kappa shape index (κ2) is 7.31. The number of benzene rings is 2. The van der Waals surface area contributed by atoms with Gasteiger partial charge < -0.3 is 4.90 Å². The fourth-order valence-corrected chi connectivity index (χ4v) is 4.72. The lowest BCUT2D eigenvalue weighted by atomic mass is 10.0. The highest BCUT2D eigenvalue weighted by atomic mass is 32.2. The molecule has 0 saturated heterocycles. The molecular weight excluding hydrogens is 400 g/mol. The van der Waals surface area contributed by atoms with E-state index < -0.39 is 19.9 Å². The van der Waals surface area contributed by atoms with E-state index in [1.165, 1.54) is 44.4 Å². The lowest BCUT2D eigenvalue weighted by molar-refractivity contribution is 0.0985. The Kier molecular flexibility index (Phi) is 5.35. The molecule has 2 aromatic rings. The van der Waals surface area contributed by atoms with Crippen molar-refractivity contribution < 1.29 is 21.6 Å². The zero-order chi connectivity index (χ0) is 20.7. The van der Waals surface area contributed by atoms with E-state index in [1.54, 1.807) is 17.0 Å². The van der Waals surface area contributed by atoms with Crippen molar-refractivity contribution in [2.45, 2.75) is 22.6 Å². The molecule has 1 aliphatic rings. The number of carbonyl (C=O) groups excluding carboxylic acids is 1. The third-order valence-electron chi connectivity index (χ3n) is 4.72. The van der Waals surface area contributed by atoms with Crippen LogP contribution in [0.15, 0.2) is 52.3 Å². The highest BCUT2D eigenvalue weighted by Gasteiger charge is 2.25. The number of carbonyl (C=O) groups is 1. The molecule has 0 fully saturated rings. The summed E-state index contributed by atoms with van der Waals surface area (Å²) in [5.41, 5.74) is 1.88. The van der Waals surface area contributed by atoms with Crippen LogP contribution in [0.2, 0.25) is 0 Å². The van der Waals surface area contributed by atoms with Crippen LogP contribution >= 0.6 is 0 Å². The zero-order valence-electron chi connectivity index (χ0n) is 15.9. The van der Waals surface area contributed by atoms with Crippen molar-refractivity contribution in [3.8, 4) is 0 Å². The standard InChI is InChI=1S/C19H22N2O5S2/c1-20(2)28(25,26)16-8-6-14(7-9-16)19(22)21-12-4-5-15-13-17(27(3,23)24)10-11-18(15)21/h6-11,13H,4-5,12H2,1-3H3. The first-order valence-electron chi connectivity index (χ1n) is 8.69. The minimum Gasteiger partial charge on any atom is -0.308 e. The van der Waals surface area contributed by atoms with Gasteiger partial charge in [0, 0.05) is 38.1 Å². The number of rotatable bonds is 4. The van der Waals surface area contributed by atoms with Crippen molar-refractivity contribution in [3.63, 3.8) is 0 Å². The Morgan fingerprint density at radius 3 is 2.14 bits per heavy atom. The third-order valence-corrected chi connectivity index (χ3v) is 7.66. The molecule has 3 rings (SSSR count). The molecule has 2 aromatic carbocycles. The number of hydrogen-bond donors (Lipinski definition) is 0. The fourth-order valence-electron chi connectivity index (χ4n) is 3.15. The normalized spacial score (nSPS) is 14.8. The number of anilines is 1. The van der Waals surface area contributed by atoms with Crippen LogP contribution in [0.3, 0.4) is 0 Å². The second-order valence-electron chi connectivity index (χ2n) is 6.93. The summed E-state index contributed by atoms with van der Waals surface area (Å²) in [6.07, 6.45) is 2.57. The van der Waals surface area contributed by atoms with Crippen molar-refractivity contribution in [1.29, 1.82) is 0 Å². The largest absolute Gasteiger partial charge is 0.308 e. The van der Waals surface area contributed by atoms with Gasteiger partial charge in [-0.3, -0.25) is 4.79 Å². The van der Waals surface area contributed by atoms with E-state index in [9.17, 15) is 21.6 Å². The van der Waals surface area contributed by atoms with Gasteiger partial charge in [-0.2, -0.15) is 0 Å². The molecule has 1 amide bonds. The molecule has 0 aromatic heterocycles. The van der Waals surface area contributed by atoms with Gasteiger partial charge >= 0.3 is 0 Å². The number of amides is 1. The van der Waals surface area contributed by atoms with E-state index in [2.05, 4.69) is 0 Å². The second-order valence-corrected chi connectivity index (χ2v) is 11.1. The lowest BCUT2D eigenvalue weighted by Crippen LogP contribution is -2.35. The minimum absolute atomic E-state index is 0.117. The summed E-state index contributed by atoms with van der Waals surface area (Å²) >= 11 is 0. The van der Waals surface area contributed by atoms with Gasteiger partial charge in [0.15, 0.2) is 9.84 Å². The van der Waals surface area contributed by atoms with Gasteiger partial charge in [-0.05, 0) is 60.9 Å². The summed E-state index contributed by atoms with van der Waals surface area (Å²) in [6, 6.07) is 10.6. The maximum Gasteiger partial charge on any atom is 0.258 e. The van der Waals surface area contributed by atoms with Crippen LogP contribution < -0.4 is 4.90 Å². The van der Waals surface area contributed by atoms with Crippen molar-refractivity contribution in [2.24, 2.45) is 0 Å². The smallest absolute Gasteiger partial charge is 0.258 e. The van der Waals surface area contributed by atoms with Gasteiger partial charge in [-0.15, -0.1) is 0 Å². The predicted molar refractivity (Wildman–Crippen MR) is 107 cm³/mol. The van der Waals surface area contributed by atoms with Gasteiger partial charge in [0.25, 0.3) is 5.91 Å². The number of sulfonamides is 1. The Morgan fingerprint density at radius 2 is 1.57 bits per heavy atom. The van der Waals surface area contributed by atoms with Crippen LogP contribution in [0.1, 0.15) is 22.3 Å². The molecule has 0 aliphatic carbocycles. The molecule has 0 N–H and O–H groups in total. The SMILES string of the molecule is CN(C)S(=O)(=O)c1ccc(C(=O)N2CCCc3cc(S(C)(=O)=O)ccc32)cc1. The van der Waals surface area contributed by atoms with Crippen LogP contribution in [-0.2, 0) is 26.3 Å². The summed E-state index contributed by atoms with van der Waals surface area (Å²) in [7, 11) is -3.98. The van der Waals surface area contributed by atoms with Crippen molar-refractivity contribution in [2.75, 3.05) is 31.8 Å². The molecule has 1 aliphatic heterocycles. The Morgan fingerprint density at radius 1 is 0.964 bits per heavy atom. The van der Waals surface area contributed by atoms with Gasteiger partial charge in [-0.25, -0.2) is 21.1 Å². The molecule has 7 nitrogen and oxygen atoms in total. The van der Waals surface area contributed by atoms with Gasteiger partial charge in [0.05, 0.1) is 9.79 Å². The Hall–Kier alpha value is -2.23. The number of fused-ring (bicyclic) bond motifs is 1. The van der Waals surface area contributed by atoms with Gasteiger partial charge in [-0.1, -0.05) is 0 Å². The van der Waals surface area contributed by atoms with E-state index in [1.807, 2.05) is 0 Å². The van der Waals surface area contributed by atoms with E-state index in [0.29, 0.717) is 24.2 Å². The summed E-state index contributed by atoms with van der Waals surface area (Å²) in [4.78, 5) is 14.9. The van der Waals surface area contributed by atoms with Crippen molar-refractivity contribution in [3.05, 3.63) is 53.6 Å². The van der Waals surface area contributed by atoms with Crippen LogP contribution in [0.5, 0.6) is 0 Å². The summed E-state index contributed by atoms with van der Waals surface area (Å²) < 4.78 is 49.0. The molecule has 0 atom stereocenters. The van der Waals surface area contributed by atoms with Crippen molar-refractivity contribution in [1.82, 2.24) is 4.31 Å². The molecule has 28 heavy (non-hydrogen) atoms. The summed E-state index contributed by atoms with van der Waals surface area (Å²) in [5.74, 6) is -0.248. The number of hydrogen-bond acceptors (Lipinski definition) is 5. The third kappa shape index (κ3) is 3.82. The topological polar surface area (TPSA) is 91.8 Å². The number of aryl methyl sites for hydroxylation is 1. The summed E-state index contributed by atoms with van der Waals surface area (Å²) in [5, 5.41) is 0. The molecule has 0 unspecified atom stereocenters. The highest BCUT2D eigenvalue weighted by Crippen LogP contribution is 2.30. The highest BCUT2D eigenvalue weighted by molar-refractivity contribution is 7.90. The first-order chi connectivity index (χ1) is 13.0. The maximum absolute atomic E-state index is 13.0. The molecular formula is C19H22N2O5S2. The number of nitrogens with zero attached hydrogens (tertiary/aromatic N) is 2. The Labute approximate surface area is 165 Å². The molecule has 0 bridgehead atoms. The van der Waals surface area contributed by atoms with Crippen LogP contribution in [-0.4, -0.2) is 53.9 Å². The quantitative estimate of drug-likeness (QED) is 0.751. The molecule has 0 radical (unpaired) electrons. The van der Waals surface area contributed by atoms with Crippen molar-refractivity contribution >= 4 is 31.5 Å². The molecule has 9 heteroatoms. The fraction of sp³-hybridized carbons (Fsp3) is 0.316. The minimum atomic E-state index is -3.56. The van der Waals surface area contributed by atoms with Crippen LogP contribution in [0.4, 0.5) is 5.69 Å². The average Bonchev–Trinajstić information content (AvgIpc) is 2.65. The monoisotopic (exact) mass is 422 g/mol. The average molecular weight is 423 g/mol. The Balaban J connectivity index is 1.93.